The van der Waals surface area contributed by atoms with Crippen molar-refractivity contribution in [3.63, 3.8) is 0 Å². The maximum absolute atomic E-state index is 13.2. The van der Waals surface area contributed by atoms with Gasteiger partial charge in [0.25, 0.3) is 0 Å². The van der Waals surface area contributed by atoms with Gasteiger partial charge in [0.15, 0.2) is 0 Å². The lowest BCUT2D eigenvalue weighted by Gasteiger charge is -2.32. The van der Waals surface area contributed by atoms with Gasteiger partial charge in [-0.3, -0.25) is 4.90 Å². The lowest BCUT2D eigenvalue weighted by molar-refractivity contribution is 0.191. The Balaban J connectivity index is 2.19. The first-order chi connectivity index (χ1) is 8.55. The van der Waals surface area contributed by atoms with E-state index in [4.69, 9.17) is 0 Å². The van der Waals surface area contributed by atoms with E-state index in [2.05, 4.69) is 11.0 Å². The predicted octanol–water partition coefficient (Wildman–Crippen LogP) is 3.05. The zero-order valence-corrected chi connectivity index (χ0v) is 11.0. The Hall–Kier alpha value is -1.40. The van der Waals surface area contributed by atoms with E-state index in [9.17, 15) is 9.65 Å². The van der Waals surface area contributed by atoms with E-state index in [1.54, 1.807) is 13.0 Å². The number of benzene rings is 1. The maximum atomic E-state index is 13.2. The molecule has 0 bridgehead atoms. The molecule has 2 rings (SSSR count). The zero-order chi connectivity index (χ0) is 13.2. The van der Waals surface area contributed by atoms with E-state index in [1.165, 1.54) is 18.9 Å². The Labute approximate surface area is 108 Å². The third-order valence-corrected chi connectivity index (χ3v) is 3.82. The summed E-state index contributed by atoms with van der Waals surface area (Å²) in [6, 6.07) is 7.56. The standard InChI is InChI=1S/C15H19FN2/c1-12-9-13(5-6-14(12)16)10-15(2,11-17)18-7-3-4-8-18/h5-6,9H,3-4,7-8,10H2,1-2H3. The molecule has 1 fully saturated rings. The molecule has 0 amide bonds. The topological polar surface area (TPSA) is 27.0 Å². The zero-order valence-electron chi connectivity index (χ0n) is 11.0. The molecule has 0 aliphatic carbocycles. The summed E-state index contributed by atoms with van der Waals surface area (Å²) in [5, 5.41) is 9.47. The third-order valence-electron chi connectivity index (χ3n) is 3.82. The first-order valence-electron chi connectivity index (χ1n) is 6.46. The van der Waals surface area contributed by atoms with Crippen LogP contribution in [0.15, 0.2) is 18.2 Å². The van der Waals surface area contributed by atoms with Crippen LogP contribution in [0.3, 0.4) is 0 Å². The molecule has 0 radical (unpaired) electrons. The summed E-state index contributed by atoms with van der Waals surface area (Å²) < 4.78 is 13.2. The minimum atomic E-state index is -0.471. The molecule has 1 aliphatic heterocycles. The van der Waals surface area contributed by atoms with Crippen LogP contribution in [0.25, 0.3) is 0 Å². The largest absolute Gasteiger partial charge is 0.285 e. The predicted molar refractivity (Wildman–Crippen MR) is 69.7 cm³/mol. The van der Waals surface area contributed by atoms with Crippen LogP contribution < -0.4 is 0 Å². The molecule has 1 saturated heterocycles. The molecule has 1 unspecified atom stereocenters. The lowest BCUT2D eigenvalue weighted by Crippen LogP contribution is -2.45. The molecule has 18 heavy (non-hydrogen) atoms. The Morgan fingerprint density at radius 2 is 2.06 bits per heavy atom. The van der Waals surface area contributed by atoms with Gasteiger partial charge in [0, 0.05) is 6.42 Å². The number of halogens is 1. The Kier molecular flexibility index (Phi) is 3.68. The summed E-state index contributed by atoms with van der Waals surface area (Å²) >= 11 is 0. The van der Waals surface area contributed by atoms with Gasteiger partial charge in [-0.05, 0) is 57.0 Å². The van der Waals surface area contributed by atoms with Gasteiger partial charge in [-0.15, -0.1) is 0 Å². The average Bonchev–Trinajstić information content (AvgIpc) is 2.88. The molecular weight excluding hydrogens is 227 g/mol. The highest BCUT2D eigenvalue weighted by Crippen LogP contribution is 2.25. The molecule has 1 heterocycles. The highest BCUT2D eigenvalue weighted by molar-refractivity contribution is 5.27. The van der Waals surface area contributed by atoms with Gasteiger partial charge in [-0.25, -0.2) is 4.39 Å². The van der Waals surface area contributed by atoms with Crippen molar-refractivity contribution >= 4 is 0 Å². The van der Waals surface area contributed by atoms with Gasteiger partial charge >= 0.3 is 0 Å². The normalized spacial score (nSPS) is 19.4. The van der Waals surface area contributed by atoms with Crippen LogP contribution in [0.2, 0.25) is 0 Å². The number of nitriles is 1. The molecule has 0 aromatic heterocycles. The second-order valence-corrected chi connectivity index (χ2v) is 5.34. The number of hydrogen-bond acceptors (Lipinski definition) is 2. The summed E-state index contributed by atoms with van der Waals surface area (Å²) in [6.07, 6.45) is 2.99. The Morgan fingerprint density at radius 3 is 2.61 bits per heavy atom. The van der Waals surface area contributed by atoms with Crippen molar-refractivity contribution in [2.45, 2.75) is 38.6 Å². The van der Waals surface area contributed by atoms with Crippen molar-refractivity contribution in [2.75, 3.05) is 13.1 Å². The first-order valence-corrected chi connectivity index (χ1v) is 6.46. The summed E-state index contributed by atoms with van der Waals surface area (Å²) in [5.41, 5.74) is 1.21. The summed E-state index contributed by atoms with van der Waals surface area (Å²) in [6.45, 7) is 5.73. The van der Waals surface area contributed by atoms with E-state index >= 15 is 0 Å². The minimum absolute atomic E-state index is 0.182. The summed E-state index contributed by atoms with van der Waals surface area (Å²) in [7, 11) is 0. The van der Waals surface area contributed by atoms with Gasteiger partial charge in [0.1, 0.15) is 11.4 Å². The number of likely N-dealkylation sites (tertiary alicyclic amines) is 1. The highest BCUT2D eigenvalue weighted by atomic mass is 19.1. The van der Waals surface area contributed by atoms with Gasteiger partial charge in [-0.1, -0.05) is 12.1 Å². The maximum Gasteiger partial charge on any atom is 0.126 e. The fourth-order valence-electron chi connectivity index (χ4n) is 2.65. The van der Waals surface area contributed by atoms with Crippen molar-refractivity contribution in [3.8, 4) is 6.07 Å². The van der Waals surface area contributed by atoms with Gasteiger partial charge in [-0.2, -0.15) is 5.26 Å². The fourth-order valence-corrected chi connectivity index (χ4v) is 2.65. The molecular formula is C15H19FN2. The van der Waals surface area contributed by atoms with Crippen molar-refractivity contribution in [1.82, 2.24) is 4.90 Å². The smallest absolute Gasteiger partial charge is 0.126 e. The molecule has 1 atom stereocenters. The quantitative estimate of drug-likeness (QED) is 0.819. The fraction of sp³-hybridized carbons (Fsp3) is 0.533. The molecule has 1 aromatic carbocycles. The van der Waals surface area contributed by atoms with Crippen LogP contribution in [0.4, 0.5) is 4.39 Å². The summed E-state index contributed by atoms with van der Waals surface area (Å²) in [4.78, 5) is 2.24. The highest BCUT2D eigenvalue weighted by Gasteiger charge is 2.33. The molecule has 0 N–H and O–H groups in total. The second kappa shape index (κ2) is 5.07. The third kappa shape index (κ3) is 2.54. The number of aryl methyl sites for hydroxylation is 1. The lowest BCUT2D eigenvalue weighted by atomic mass is 9.92. The van der Waals surface area contributed by atoms with E-state index < -0.39 is 5.54 Å². The Morgan fingerprint density at radius 1 is 1.39 bits per heavy atom. The van der Waals surface area contributed by atoms with E-state index in [0.717, 1.165) is 18.7 Å². The number of nitrogens with zero attached hydrogens (tertiary/aromatic N) is 2. The van der Waals surface area contributed by atoms with Crippen molar-refractivity contribution in [1.29, 1.82) is 5.26 Å². The van der Waals surface area contributed by atoms with Gasteiger partial charge in [0.05, 0.1) is 6.07 Å². The second-order valence-electron chi connectivity index (χ2n) is 5.34. The number of rotatable bonds is 3. The van der Waals surface area contributed by atoms with Crippen LogP contribution in [0.1, 0.15) is 30.9 Å². The minimum Gasteiger partial charge on any atom is -0.285 e. The van der Waals surface area contributed by atoms with Crippen LogP contribution >= 0.6 is 0 Å². The van der Waals surface area contributed by atoms with Crippen molar-refractivity contribution in [2.24, 2.45) is 0 Å². The van der Waals surface area contributed by atoms with Crippen molar-refractivity contribution in [3.05, 3.63) is 35.1 Å². The van der Waals surface area contributed by atoms with Crippen LogP contribution in [-0.4, -0.2) is 23.5 Å². The van der Waals surface area contributed by atoms with Crippen molar-refractivity contribution < 1.29 is 4.39 Å². The average molecular weight is 246 g/mol. The number of hydrogen-bond donors (Lipinski definition) is 0. The SMILES string of the molecule is Cc1cc(CC(C)(C#N)N2CCCC2)ccc1F. The Bertz CT molecular complexity index is 472. The van der Waals surface area contributed by atoms with Gasteiger partial charge < -0.3 is 0 Å². The monoisotopic (exact) mass is 246 g/mol. The molecule has 96 valence electrons. The first kappa shape index (κ1) is 13.0. The van der Waals surface area contributed by atoms with Gasteiger partial charge in [0.2, 0.25) is 0 Å². The van der Waals surface area contributed by atoms with Crippen LogP contribution in [0, 0.1) is 24.1 Å². The molecule has 0 saturated carbocycles. The van der Waals surface area contributed by atoms with E-state index in [1.807, 2.05) is 13.0 Å². The molecule has 1 aromatic rings. The molecule has 2 nitrogen and oxygen atoms in total. The summed E-state index contributed by atoms with van der Waals surface area (Å²) in [5.74, 6) is -0.182. The molecule has 1 aliphatic rings. The van der Waals surface area contributed by atoms with E-state index in [0.29, 0.717) is 12.0 Å². The van der Waals surface area contributed by atoms with Crippen LogP contribution in [-0.2, 0) is 6.42 Å². The van der Waals surface area contributed by atoms with Crippen LogP contribution in [0.5, 0.6) is 0 Å². The molecule has 0 spiro atoms. The molecule has 3 heteroatoms. The van der Waals surface area contributed by atoms with E-state index in [-0.39, 0.29) is 5.82 Å².